The third-order valence-electron chi connectivity index (χ3n) is 6.24. The summed E-state index contributed by atoms with van der Waals surface area (Å²) in [4.78, 5) is 6.57. The Kier molecular flexibility index (Phi) is 9.86. The summed E-state index contributed by atoms with van der Waals surface area (Å²) in [7, 11) is 2.10. The summed E-state index contributed by atoms with van der Waals surface area (Å²) < 4.78 is 0. The molecule has 7 heteroatoms. The number of unbranched alkanes of at least 4 members (excludes halogenated alkanes) is 2. The first-order valence-electron chi connectivity index (χ1n) is 12.6. The number of anilines is 2. The quantitative estimate of drug-likeness (QED) is 0.152. The molecule has 0 aliphatic carbocycles. The van der Waals surface area contributed by atoms with E-state index in [9.17, 15) is 0 Å². The number of rotatable bonds is 13. The van der Waals surface area contributed by atoms with Gasteiger partial charge < -0.3 is 27.0 Å². The minimum atomic E-state index is 0.236. The molecule has 7 nitrogen and oxygen atoms in total. The zero-order valence-electron chi connectivity index (χ0n) is 22.0. The van der Waals surface area contributed by atoms with Crippen molar-refractivity contribution in [3.05, 3.63) is 102 Å². The molecule has 1 aromatic carbocycles. The van der Waals surface area contributed by atoms with Crippen molar-refractivity contribution in [2.75, 3.05) is 38.1 Å². The maximum atomic E-state index is 8.81. The van der Waals surface area contributed by atoms with E-state index in [1.807, 2.05) is 42.5 Å². The van der Waals surface area contributed by atoms with Gasteiger partial charge in [0.15, 0.2) is 0 Å². The van der Waals surface area contributed by atoms with E-state index in [1.165, 1.54) is 5.57 Å². The number of hydrogen-bond acceptors (Lipinski definition) is 7. The number of benzene rings is 1. The van der Waals surface area contributed by atoms with Gasteiger partial charge in [0.1, 0.15) is 11.6 Å². The molecule has 3 rings (SSSR count). The molecule has 0 fully saturated rings. The van der Waals surface area contributed by atoms with Gasteiger partial charge in [-0.2, -0.15) is 0 Å². The molecule has 0 bridgehead atoms. The van der Waals surface area contributed by atoms with Gasteiger partial charge in [0, 0.05) is 36.1 Å². The zero-order chi connectivity index (χ0) is 26.8. The third kappa shape index (κ3) is 7.69. The Labute approximate surface area is 220 Å². The number of nitrogens with zero attached hydrogens (tertiary/aromatic N) is 2. The molecule has 0 spiro atoms. The van der Waals surface area contributed by atoms with E-state index in [-0.39, 0.29) is 11.5 Å². The van der Waals surface area contributed by atoms with Crippen LogP contribution >= 0.6 is 0 Å². The molecule has 0 atom stereocenters. The van der Waals surface area contributed by atoms with E-state index in [4.69, 9.17) is 16.9 Å². The number of dihydropyridines is 1. The van der Waals surface area contributed by atoms with Gasteiger partial charge in [-0.3, -0.25) is 5.41 Å². The summed E-state index contributed by atoms with van der Waals surface area (Å²) in [6, 6.07) is 7.61. The number of nitrogen functional groups attached to an aromatic ring is 2. The van der Waals surface area contributed by atoms with Crippen molar-refractivity contribution >= 4 is 29.0 Å². The van der Waals surface area contributed by atoms with E-state index in [0.717, 1.165) is 61.5 Å². The molecule has 2 heterocycles. The maximum absolute atomic E-state index is 8.81. The lowest BCUT2D eigenvalue weighted by atomic mass is 9.98. The molecule has 1 aliphatic rings. The lowest BCUT2D eigenvalue weighted by Gasteiger charge is -2.18. The van der Waals surface area contributed by atoms with Gasteiger partial charge in [0.2, 0.25) is 0 Å². The molecule has 1 aliphatic heterocycles. The number of nitrogens with one attached hydrogen (secondary N) is 3. The second-order valence-electron chi connectivity index (χ2n) is 9.28. The van der Waals surface area contributed by atoms with Crippen LogP contribution in [0.5, 0.6) is 0 Å². The number of pyridine rings is 1. The first-order valence-corrected chi connectivity index (χ1v) is 12.6. The topological polar surface area (TPSA) is 116 Å². The summed E-state index contributed by atoms with van der Waals surface area (Å²) in [5, 5.41) is 15.4. The number of likely N-dealkylation sites (N-methyl/N-ethyl adjacent to an activating group) is 1. The Morgan fingerprint density at radius 1 is 1.22 bits per heavy atom. The summed E-state index contributed by atoms with van der Waals surface area (Å²) in [6.45, 7) is 12.6. The van der Waals surface area contributed by atoms with Gasteiger partial charge in [-0.15, -0.1) is 6.58 Å². The largest absolute Gasteiger partial charge is 0.398 e. The summed E-state index contributed by atoms with van der Waals surface area (Å²) in [5.74, 6) is 1.16. The number of hydrogen-bond donors (Lipinski definition) is 5. The average Bonchev–Trinajstić information content (AvgIpc) is 2.88. The number of aromatic nitrogens is 1. The van der Waals surface area contributed by atoms with Crippen LogP contribution in [-0.2, 0) is 0 Å². The normalized spacial score (nSPS) is 13.2. The van der Waals surface area contributed by atoms with Crippen molar-refractivity contribution in [1.82, 2.24) is 20.5 Å². The van der Waals surface area contributed by atoms with Crippen LogP contribution in [0.15, 0.2) is 79.3 Å². The smallest absolute Gasteiger partial charge is 0.134 e. The molecule has 194 valence electrons. The molecule has 0 radical (unpaired) electrons. The SMILES string of the molecule is C=CCCCCN(C)C/C=C/c1cnc(N)c(C(=N)c2ccc(C(=C)NC3=CC(C)=CCN3)cc2)c1N. The highest BCUT2D eigenvalue weighted by atomic mass is 15.1. The van der Waals surface area contributed by atoms with Gasteiger partial charge in [0.25, 0.3) is 0 Å². The molecule has 7 N–H and O–H groups in total. The fourth-order valence-corrected chi connectivity index (χ4v) is 4.03. The highest BCUT2D eigenvalue weighted by Gasteiger charge is 2.16. The Morgan fingerprint density at radius 3 is 2.65 bits per heavy atom. The number of allylic oxidation sites excluding steroid dienone is 3. The zero-order valence-corrected chi connectivity index (χ0v) is 22.0. The molecular formula is C30H39N7. The first kappa shape index (κ1) is 27.5. The molecule has 0 saturated carbocycles. The second kappa shape index (κ2) is 13.3. The van der Waals surface area contributed by atoms with Crippen LogP contribution in [0.25, 0.3) is 11.8 Å². The van der Waals surface area contributed by atoms with Crippen LogP contribution in [-0.4, -0.2) is 42.3 Å². The third-order valence-corrected chi connectivity index (χ3v) is 6.24. The van der Waals surface area contributed by atoms with E-state index in [2.05, 4.69) is 59.8 Å². The molecule has 2 aromatic rings. The lowest BCUT2D eigenvalue weighted by Crippen LogP contribution is -2.27. The first-order chi connectivity index (χ1) is 17.8. The summed E-state index contributed by atoms with van der Waals surface area (Å²) in [5.41, 5.74) is 18.1. The highest BCUT2D eigenvalue weighted by Crippen LogP contribution is 2.26. The van der Waals surface area contributed by atoms with E-state index < -0.39 is 0 Å². The predicted octanol–water partition coefficient (Wildman–Crippen LogP) is 4.91. The Morgan fingerprint density at radius 2 is 1.95 bits per heavy atom. The van der Waals surface area contributed by atoms with E-state index in [1.54, 1.807) is 6.20 Å². The van der Waals surface area contributed by atoms with Gasteiger partial charge in [-0.05, 0) is 57.0 Å². The molecule has 1 aromatic heterocycles. The Balaban J connectivity index is 1.68. The minimum Gasteiger partial charge on any atom is -0.398 e. The second-order valence-corrected chi connectivity index (χ2v) is 9.28. The van der Waals surface area contributed by atoms with Crippen LogP contribution in [0.3, 0.4) is 0 Å². The number of nitrogens with two attached hydrogens (primary N) is 2. The van der Waals surface area contributed by atoms with Crippen molar-refractivity contribution in [2.45, 2.75) is 26.2 Å². The monoisotopic (exact) mass is 497 g/mol. The van der Waals surface area contributed by atoms with Crippen molar-refractivity contribution < 1.29 is 0 Å². The predicted molar refractivity (Wildman–Crippen MR) is 158 cm³/mol. The van der Waals surface area contributed by atoms with Crippen LogP contribution in [0.1, 0.15) is 48.4 Å². The fourth-order valence-electron chi connectivity index (χ4n) is 4.03. The summed E-state index contributed by atoms with van der Waals surface area (Å²) >= 11 is 0. The highest BCUT2D eigenvalue weighted by molar-refractivity contribution is 6.17. The van der Waals surface area contributed by atoms with E-state index in [0.29, 0.717) is 16.8 Å². The minimum absolute atomic E-state index is 0.236. The van der Waals surface area contributed by atoms with Crippen molar-refractivity contribution in [1.29, 1.82) is 5.41 Å². The maximum Gasteiger partial charge on any atom is 0.134 e. The van der Waals surface area contributed by atoms with Crippen LogP contribution in [0.4, 0.5) is 11.5 Å². The van der Waals surface area contributed by atoms with Gasteiger partial charge >= 0.3 is 0 Å². The van der Waals surface area contributed by atoms with Crippen LogP contribution in [0.2, 0.25) is 0 Å². The fraction of sp³-hybridized carbons (Fsp3) is 0.267. The van der Waals surface area contributed by atoms with Crippen molar-refractivity contribution in [2.24, 2.45) is 0 Å². The van der Waals surface area contributed by atoms with Crippen LogP contribution in [0, 0.1) is 5.41 Å². The van der Waals surface area contributed by atoms with Crippen molar-refractivity contribution in [3.63, 3.8) is 0 Å². The molecule has 0 amide bonds. The Bertz CT molecular complexity index is 1220. The summed E-state index contributed by atoms with van der Waals surface area (Å²) in [6.07, 6.45) is 15.1. The van der Waals surface area contributed by atoms with Crippen LogP contribution < -0.4 is 22.1 Å². The molecule has 37 heavy (non-hydrogen) atoms. The molecular weight excluding hydrogens is 458 g/mol. The standard InChI is InChI=1S/C30H39N7/c1-5-6-7-8-17-37(4)18-9-10-25-20-35-30(33)27(29(25)32)28(31)24-13-11-23(12-14-24)22(3)36-26-19-21(2)15-16-34-26/h5,9-15,19-20,31,34,36H,1,3,6-8,16-18H2,2,4H3,(H4,32,33,35)/b10-9+,31-28?. The van der Waals surface area contributed by atoms with Gasteiger partial charge in [0.05, 0.1) is 17.0 Å². The lowest BCUT2D eigenvalue weighted by molar-refractivity contribution is 0.360. The van der Waals surface area contributed by atoms with E-state index >= 15 is 0 Å². The van der Waals surface area contributed by atoms with Gasteiger partial charge in [-0.25, -0.2) is 4.98 Å². The molecule has 0 saturated heterocycles. The molecule has 0 unspecified atom stereocenters. The van der Waals surface area contributed by atoms with Gasteiger partial charge in [-0.1, -0.05) is 55.1 Å². The van der Waals surface area contributed by atoms with Crippen molar-refractivity contribution in [3.8, 4) is 0 Å². The Hall–Kier alpha value is -4.10. The average molecular weight is 498 g/mol.